The number of H-pyrrole nitrogens is 1. The fraction of sp³-hybridized carbons (Fsp3) is 0.143. The van der Waals surface area contributed by atoms with Crippen LogP contribution in [0.3, 0.4) is 0 Å². The fourth-order valence-electron chi connectivity index (χ4n) is 3.19. The first-order chi connectivity index (χ1) is 15.4. The summed E-state index contributed by atoms with van der Waals surface area (Å²) in [7, 11) is 0. The zero-order chi connectivity index (χ0) is 22.7. The maximum Gasteiger partial charge on any atom is 0.358 e. The summed E-state index contributed by atoms with van der Waals surface area (Å²) in [5.74, 6) is -0.686. The van der Waals surface area contributed by atoms with Crippen molar-refractivity contribution in [1.82, 2.24) is 19.3 Å². The van der Waals surface area contributed by atoms with Crippen molar-refractivity contribution in [2.75, 3.05) is 6.61 Å². The van der Waals surface area contributed by atoms with Crippen LogP contribution >= 0.6 is 0 Å². The molecule has 2 heterocycles. The Morgan fingerprint density at radius 1 is 1.12 bits per heavy atom. The van der Waals surface area contributed by atoms with E-state index in [0.29, 0.717) is 16.6 Å². The number of nitro benzene ring substituents is 1. The van der Waals surface area contributed by atoms with E-state index in [1.165, 1.54) is 35.1 Å². The first-order valence-corrected chi connectivity index (χ1v) is 9.63. The molecule has 0 unspecified atom stereocenters. The van der Waals surface area contributed by atoms with Crippen molar-refractivity contribution in [3.63, 3.8) is 0 Å². The molecule has 1 N–H and O–H groups in total. The molecular weight excluding hydrogens is 418 g/mol. The van der Waals surface area contributed by atoms with Gasteiger partial charge in [-0.3, -0.25) is 19.5 Å². The maximum atomic E-state index is 12.5. The number of esters is 1. The highest BCUT2D eigenvalue weighted by molar-refractivity contribution is 5.87. The number of para-hydroxylation sites is 1. The lowest BCUT2D eigenvalue weighted by Crippen LogP contribution is -2.35. The van der Waals surface area contributed by atoms with Gasteiger partial charge in [0.2, 0.25) is 0 Å². The third kappa shape index (κ3) is 4.17. The monoisotopic (exact) mass is 435 g/mol. The SMILES string of the molecule is O=C(OCCCn1c(=O)[nH]c2ccccc2c1=O)c1ccn(-c2cccc([N+](=O)[O-])c2)n1. The molecule has 0 amide bonds. The summed E-state index contributed by atoms with van der Waals surface area (Å²) in [6.45, 7) is 0.0512. The molecule has 2 aromatic heterocycles. The Labute approximate surface area is 179 Å². The minimum absolute atomic E-state index is 0.0252. The molecule has 0 radical (unpaired) electrons. The summed E-state index contributed by atoms with van der Waals surface area (Å²) in [5, 5.41) is 15.4. The average Bonchev–Trinajstić information content (AvgIpc) is 3.29. The number of nitrogens with zero attached hydrogens (tertiary/aromatic N) is 4. The lowest BCUT2D eigenvalue weighted by atomic mass is 10.2. The van der Waals surface area contributed by atoms with E-state index in [1.807, 2.05) is 0 Å². The van der Waals surface area contributed by atoms with Crippen molar-refractivity contribution in [1.29, 1.82) is 0 Å². The van der Waals surface area contributed by atoms with E-state index in [0.717, 1.165) is 4.57 Å². The Bertz CT molecular complexity index is 1430. The topological polar surface area (TPSA) is 142 Å². The number of rotatable bonds is 7. The Kier molecular flexibility index (Phi) is 5.62. The van der Waals surface area contributed by atoms with E-state index in [-0.39, 0.29) is 31.0 Å². The molecule has 11 heteroatoms. The van der Waals surface area contributed by atoms with Crippen LogP contribution in [0.4, 0.5) is 5.69 Å². The van der Waals surface area contributed by atoms with Crippen LogP contribution in [0.2, 0.25) is 0 Å². The zero-order valence-corrected chi connectivity index (χ0v) is 16.6. The minimum Gasteiger partial charge on any atom is -0.461 e. The highest BCUT2D eigenvalue weighted by Crippen LogP contribution is 2.16. The molecule has 0 saturated carbocycles. The van der Waals surface area contributed by atoms with E-state index in [2.05, 4.69) is 10.1 Å². The molecule has 0 saturated heterocycles. The highest BCUT2D eigenvalue weighted by Gasteiger charge is 2.14. The predicted octanol–water partition coefficient (Wildman–Crippen LogP) is 2.03. The second-order valence-corrected chi connectivity index (χ2v) is 6.84. The molecule has 2 aromatic carbocycles. The molecule has 11 nitrogen and oxygen atoms in total. The Morgan fingerprint density at radius 2 is 1.94 bits per heavy atom. The van der Waals surface area contributed by atoms with Crippen LogP contribution in [0.15, 0.2) is 70.4 Å². The number of fused-ring (bicyclic) bond motifs is 1. The molecule has 0 aliphatic carbocycles. The summed E-state index contributed by atoms with van der Waals surface area (Å²) in [6.07, 6.45) is 1.74. The second-order valence-electron chi connectivity index (χ2n) is 6.84. The number of nitrogens with one attached hydrogen (secondary N) is 1. The number of ether oxygens (including phenoxy) is 1. The number of aromatic nitrogens is 4. The van der Waals surface area contributed by atoms with Crippen molar-refractivity contribution in [3.05, 3.63) is 97.4 Å². The predicted molar refractivity (Wildman–Crippen MR) is 114 cm³/mol. The Balaban J connectivity index is 1.38. The molecule has 0 aliphatic heterocycles. The first kappa shape index (κ1) is 20.7. The molecule has 32 heavy (non-hydrogen) atoms. The molecule has 162 valence electrons. The average molecular weight is 435 g/mol. The van der Waals surface area contributed by atoms with E-state index < -0.39 is 22.1 Å². The standard InChI is InChI=1S/C21H17N5O6/c27-19-16-7-1-2-8-17(16)22-21(29)24(19)10-4-12-32-20(28)18-9-11-25(23-18)14-5-3-6-15(13-14)26(30)31/h1-3,5-9,11,13H,4,10,12H2,(H,22,29). The van der Waals surface area contributed by atoms with Gasteiger partial charge in [0.1, 0.15) is 0 Å². The lowest BCUT2D eigenvalue weighted by molar-refractivity contribution is -0.384. The van der Waals surface area contributed by atoms with Crippen LogP contribution in [0, 0.1) is 10.1 Å². The summed E-state index contributed by atoms with van der Waals surface area (Å²) < 4.78 is 7.57. The fourth-order valence-corrected chi connectivity index (χ4v) is 3.19. The van der Waals surface area contributed by atoms with Crippen LogP contribution in [0.1, 0.15) is 16.9 Å². The molecule has 0 bridgehead atoms. The van der Waals surface area contributed by atoms with E-state index in [9.17, 15) is 24.5 Å². The van der Waals surface area contributed by atoms with Crippen LogP contribution < -0.4 is 11.2 Å². The smallest absolute Gasteiger partial charge is 0.358 e. The summed E-state index contributed by atoms with van der Waals surface area (Å²) in [4.78, 5) is 49.9. The number of carbonyl (C=O) groups excluding carboxylic acids is 1. The van der Waals surface area contributed by atoms with Gasteiger partial charge in [0.25, 0.3) is 11.2 Å². The number of hydrogen-bond acceptors (Lipinski definition) is 7. The van der Waals surface area contributed by atoms with Crippen LogP contribution in [0.25, 0.3) is 16.6 Å². The van der Waals surface area contributed by atoms with Crippen molar-refractivity contribution in [3.8, 4) is 5.69 Å². The van der Waals surface area contributed by atoms with E-state index in [1.54, 1.807) is 30.3 Å². The summed E-state index contributed by atoms with van der Waals surface area (Å²) >= 11 is 0. The lowest BCUT2D eigenvalue weighted by Gasteiger charge is -2.07. The number of nitro groups is 1. The number of aromatic amines is 1. The van der Waals surface area contributed by atoms with Crippen LogP contribution in [-0.4, -0.2) is 36.8 Å². The second kappa shape index (κ2) is 8.68. The van der Waals surface area contributed by atoms with Gasteiger partial charge >= 0.3 is 11.7 Å². The highest BCUT2D eigenvalue weighted by atomic mass is 16.6. The van der Waals surface area contributed by atoms with Gasteiger partial charge in [0, 0.05) is 24.9 Å². The molecular formula is C21H17N5O6. The Hall–Kier alpha value is -4.54. The molecule has 0 spiro atoms. The number of hydrogen-bond donors (Lipinski definition) is 1. The van der Waals surface area contributed by atoms with Gasteiger partial charge in [-0.05, 0) is 30.7 Å². The third-order valence-corrected chi connectivity index (χ3v) is 4.75. The normalized spacial score (nSPS) is 10.9. The van der Waals surface area contributed by atoms with Gasteiger partial charge in [0.15, 0.2) is 5.69 Å². The maximum absolute atomic E-state index is 12.5. The summed E-state index contributed by atoms with van der Waals surface area (Å²) in [6, 6.07) is 14.0. The molecule has 0 aliphatic rings. The number of carbonyl (C=O) groups is 1. The molecule has 0 atom stereocenters. The molecule has 0 fully saturated rings. The largest absolute Gasteiger partial charge is 0.461 e. The van der Waals surface area contributed by atoms with Gasteiger partial charge in [-0.1, -0.05) is 18.2 Å². The summed E-state index contributed by atoms with van der Waals surface area (Å²) in [5.41, 5.74) is -0.127. The third-order valence-electron chi connectivity index (χ3n) is 4.75. The van der Waals surface area contributed by atoms with Gasteiger partial charge in [0.05, 0.1) is 28.1 Å². The number of benzene rings is 2. The van der Waals surface area contributed by atoms with Crippen molar-refractivity contribution in [2.45, 2.75) is 13.0 Å². The van der Waals surface area contributed by atoms with E-state index in [4.69, 9.17) is 4.74 Å². The molecule has 4 aromatic rings. The van der Waals surface area contributed by atoms with Gasteiger partial charge in [-0.2, -0.15) is 5.10 Å². The first-order valence-electron chi connectivity index (χ1n) is 9.63. The van der Waals surface area contributed by atoms with Crippen molar-refractivity contribution < 1.29 is 14.5 Å². The van der Waals surface area contributed by atoms with Gasteiger partial charge in [-0.15, -0.1) is 0 Å². The van der Waals surface area contributed by atoms with Gasteiger partial charge < -0.3 is 9.72 Å². The number of non-ortho nitro benzene ring substituents is 1. The Morgan fingerprint density at radius 3 is 2.75 bits per heavy atom. The minimum atomic E-state index is -0.686. The van der Waals surface area contributed by atoms with Gasteiger partial charge in [-0.25, -0.2) is 14.3 Å². The van der Waals surface area contributed by atoms with Crippen LogP contribution in [-0.2, 0) is 11.3 Å². The quantitative estimate of drug-likeness (QED) is 0.202. The zero-order valence-electron chi connectivity index (χ0n) is 16.6. The molecule has 4 rings (SSSR count). The van der Waals surface area contributed by atoms with Crippen molar-refractivity contribution >= 4 is 22.6 Å². The van der Waals surface area contributed by atoms with E-state index >= 15 is 0 Å². The van der Waals surface area contributed by atoms with Crippen molar-refractivity contribution in [2.24, 2.45) is 0 Å². The van der Waals surface area contributed by atoms with Crippen LogP contribution in [0.5, 0.6) is 0 Å².